The van der Waals surface area contributed by atoms with Gasteiger partial charge in [0, 0.05) is 12.7 Å². The lowest BCUT2D eigenvalue weighted by atomic mass is 9.79. The molecule has 166 valence electrons. The molecule has 8 rings (SSSR count). The summed E-state index contributed by atoms with van der Waals surface area (Å²) in [7, 11) is 0. The van der Waals surface area contributed by atoms with E-state index < -0.39 is 0 Å². The van der Waals surface area contributed by atoms with Crippen molar-refractivity contribution in [3.8, 4) is 0 Å². The van der Waals surface area contributed by atoms with E-state index in [2.05, 4.69) is 46.3 Å². The van der Waals surface area contributed by atoms with Gasteiger partial charge in [-0.05, 0) is 65.3 Å². The van der Waals surface area contributed by atoms with Crippen LogP contribution in [0.25, 0.3) is 11.0 Å². The number of nitrogens with two attached hydrogens (primary N) is 1. The third-order valence-electron chi connectivity index (χ3n) is 7.72. The predicted octanol–water partition coefficient (Wildman–Crippen LogP) is 4.62. The molecule has 3 atom stereocenters. The number of hydrogen-bond acceptors (Lipinski definition) is 5. The summed E-state index contributed by atoms with van der Waals surface area (Å²) in [6.07, 6.45) is 5.31. The Morgan fingerprint density at radius 1 is 1.09 bits per heavy atom. The third kappa shape index (κ3) is 2.91. The number of aromatic nitrogens is 3. The smallest absolute Gasteiger partial charge is 0.121 e. The van der Waals surface area contributed by atoms with Crippen molar-refractivity contribution in [2.75, 3.05) is 0 Å². The Hall–Kier alpha value is -3.06. The normalized spacial score (nSPS) is 22.9. The number of imidazole rings is 1. The quantitative estimate of drug-likeness (QED) is 0.476. The van der Waals surface area contributed by atoms with Crippen LogP contribution >= 0.6 is 0 Å². The van der Waals surface area contributed by atoms with Crippen molar-refractivity contribution in [2.45, 2.75) is 57.1 Å². The molecule has 0 saturated carbocycles. The molecule has 0 fully saturated rings. The molecular formula is C27H27N5O. The molecule has 0 amide bonds. The highest BCUT2D eigenvalue weighted by Gasteiger charge is 2.46. The summed E-state index contributed by atoms with van der Waals surface area (Å²) < 4.78 is 6.40. The largest absolute Gasteiger partial charge is 0.367 e. The van der Waals surface area contributed by atoms with E-state index in [1.807, 2.05) is 18.3 Å². The summed E-state index contributed by atoms with van der Waals surface area (Å²) >= 11 is 0. The molecule has 3 heterocycles. The molecule has 0 saturated heterocycles. The van der Waals surface area contributed by atoms with Crippen LogP contribution in [0.4, 0.5) is 0 Å². The molecule has 2 aromatic carbocycles. The molecule has 3 aliphatic carbocycles. The molecule has 3 unspecified atom stereocenters. The Morgan fingerprint density at radius 3 is 2.91 bits per heavy atom. The first-order valence-corrected chi connectivity index (χ1v) is 11.9. The minimum Gasteiger partial charge on any atom is -0.367 e. The number of benzene rings is 2. The number of hydrogen-bond donors (Lipinski definition) is 2. The van der Waals surface area contributed by atoms with E-state index in [1.165, 1.54) is 33.5 Å². The van der Waals surface area contributed by atoms with Crippen molar-refractivity contribution < 1.29 is 4.74 Å². The summed E-state index contributed by atoms with van der Waals surface area (Å²) in [5, 5.41) is 0. The SMILES string of the molecule is NCc1c2ccc3c1COC3C2N(Cc1nc2ccccc2[nH]1)C1CCCc2cccnc21. The zero-order chi connectivity index (χ0) is 21.9. The maximum atomic E-state index is 6.40. The van der Waals surface area contributed by atoms with Crippen LogP contribution in [-0.4, -0.2) is 19.9 Å². The number of H-pyrrole nitrogens is 1. The zero-order valence-electron chi connectivity index (χ0n) is 18.5. The van der Waals surface area contributed by atoms with Crippen LogP contribution < -0.4 is 5.73 Å². The van der Waals surface area contributed by atoms with Gasteiger partial charge in [0.2, 0.25) is 0 Å². The van der Waals surface area contributed by atoms with Crippen LogP contribution in [-0.2, 0) is 30.9 Å². The highest BCUT2D eigenvalue weighted by molar-refractivity contribution is 5.74. The fourth-order valence-electron chi connectivity index (χ4n) is 6.29. The second-order valence-electron chi connectivity index (χ2n) is 9.41. The van der Waals surface area contributed by atoms with Crippen molar-refractivity contribution in [1.82, 2.24) is 19.9 Å². The zero-order valence-corrected chi connectivity index (χ0v) is 18.5. The molecule has 4 bridgehead atoms. The summed E-state index contributed by atoms with van der Waals surface area (Å²) in [4.78, 5) is 16.0. The molecule has 6 heteroatoms. The average molecular weight is 438 g/mol. The lowest BCUT2D eigenvalue weighted by molar-refractivity contribution is -0.0317. The monoisotopic (exact) mass is 437 g/mol. The molecule has 4 aromatic rings. The van der Waals surface area contributed by atoms with Gasteiger partial charge in [-0.25, -0.2) is 4.98 Å². The number of ether oxygens (including phenoxy) is 1. The first-order chi connectivity index (χ1) is 16.3. The number of nitrogens with zero attached hydrogens (tertiary/aromatic N) is 3. The van der Waals surface area contributed by atoms with E-state index in [1.54, 1.807) is 0 Å². The molecule has 33 heavy (non-hydrogen) atoms. The number of aryl methyl sites for hydroxylation is 1. The van der Waals surface area contributed by atoms with Crippen LogP contribution in [0.5, 0.6) is 0 Å². The molecule has 6 nitrogen and oxygen atoms in total. The maximum absolute atomic E-state index is 6.40. The number of aromatic amines is 1. The van der Waals surface area contributed by atoms with E-state index in [-0.39, 0.29) is 18.2 Å². The molecule has 1 aliphatic heterocycles. The summed E-state index contributed by atoms with van der Waals surface area (Å²) in [5.74, 6) is 0.978. The van der Waals surface area contributed by atoms with Crippen LogP contribution in [0.1, 0.15) is 70.4 Å². The Morgan fingerprint density at radius 2 is 2.00 bits per heavy atom. The van der Waals surface area contributed by atoms with Crippen LogP contribution in [0, 0.1) is 0 Å². The van der Waals surface area contributed by atoms with E-state index in [0.717, 1.165) is 36.1 Å². The third-order valence-corrected chi connectivity index (χ3v) is 7.72. The van der Waals surface area contributed by atoms with Crippen LogP contribution in [0.15, 0.2) is 54.7 Å². The van der Waals surface area contributed by atoms with Crippen molar-refractivity contribution in [3.63, 3.8) is 0 Å². The number of rotatable bonds is 5. The Kier molecular flexibility index (Phi) is 4.40. The minimum absolute atomic E-state index is 0.0498. The Balaban J connectivity index is 1.37. The first-order valence-electron chi connectivity index (χ1n) is 11.9. The van der Waals surface area contributed by atoms with Crippen molar-refractivity contribution >= 4 is 11.0 Å². The van der Waals surface area contributed by atoms with Gasteiger partial charge in [0.15, 0.2) is 0 Å². The second-order valence-corrected chi connectivity index (χ2v) is 9.41. The Labute approximate surface area is 192 Å². The summed E-state index contributed by atoms with van der Waals surface area (Å²) in [6, 6.07) is 17.4. The predicted molar refractivity (Wildman–Crippen MR) is 126 cm³/mol. The number of nitrogens with one attached hydrogen (secondary N) is 1. The van der Waals surface area contributed by atoms with Gasteiger partial charge in [-0.15, -0.1) is 0 Å². The summed E-state index contributed by atoms with van der Waals surface area (Å²) in [6.45, 7) is 1.91. The van der Waals surface area contributed by atoms with Crippen molar-refractivity contribution in [3.05, 3.63) is 94.1 Å². The van der Waals surface area contributed by atoms with Crippen molar-refractivity contribution in [1.29, 1.82) is 0 Å². The van der Waals surface area contributed by atoms with Gasteiger partial charge in [-0.1, -0.05) is 30.3 Å². The molecule has 0 radical (unpaired) electrons. The fourth-order valence-corrected chi connectivity index (χ4v) is 6.29. The number of para-hydroxylation sites is 2. The standard InChI is InChI=1S/C27H27N5O/c28-13-19-17-10-11-18-20(19)15-33-27(18)26(17)32(14-24-30-21-7-1-2-8-22(21)31-24)23-9-3-5-16-6-4-12-29-25(16)23/h1-2,4,6-8,10-12,23,26-27H,3,5,9,13-15,28H2,(H,30,31). The average Bonchev–Trinajstić information content (AvgIpc) is 3.45. The first kappa shape index (κ1) is 19.4. The van der Waals surface area contributed by atoms with E-state index in [0.29, 0.717) is 19.7 Å². The number of fused-ring (bicyclic) bond motifs is 3. The van der Waals surface area contributed by atoms with Crippen LogP contribution in [0.3, 0.4) is 0 Å². The van der Waals surface area contributed by atoms with Gasteiger partial charge in [0.1, 0.15) is 11.9 Å². The summed E-state index contributed by atoms with van der Waals surface area (Å²) in [5.41, 5.74) is 16.1. The molecule has 2 aromatic heterocycles. The lowest BCUT2D eigenvalue weighted by Crippen LogP contribution is -2.40. The molecule has 4 aliphatic rings. The molecule has 0 spiro atoms. The van der Waals surface area contributed by atoms with Crippen LogP contribution in [0.2, 0.25) is 0 Å². The highest BCUT2D eigenvalue weighted by Crippen LogP contribution is 2.54. The molecule has 3 N–H and O–H groups in total. The fraction of sp³-hybridized carbons (Fsp3) is 0.333. The minimum atomic E-state index is 0.0498. The number of pyridine rings is 1. The topological polar surface area (TPSA) is 80.1 Å². The van der Waals surface area contributed by atoms with Gasteiger partial charge in [-0.3, -0.25) is 9.88 Å². The van der Waals surface area contributed by atoms with Gasteiger partial charge in [0.05, 0.1) is 42.0 Å². The lowest BCUT2D eigenvalue weighted by Gasteiger charge is -2.44. The van der Waals surface area contributed by atoms with E-state index in [9.17, 15) is 0 Å². The van der Waals surface area contributed by atoms with Crippen molar-refractivity contribution in [2.24, 2.45) is 5.73 Å². The van der Waals surface area contributed by atoms with Gasteiger partial charge in [0.25, 0.3) is 0 Å². The van der Waals surface area contributed by atoms with Gasteiger partial charge < -0.3 is 15.5 Å². The van der Waals surface area contributed by atoms with Gasteiger partial charge >= 0.3 is 0 Å². The maximum Gasteiger partial charge on any atom is 0.121 e. The van der Waals surface area contributed by atoms with E-state index >= 15 is 0 Å². The van der Waals surface area contributed by atoms with E-state index in [4.69, 9.17) is 20.4 Å². The Bertz CT molecular complexity index is 1330. The second kappa shape index (κ2) is 7.48. The van der Waals surface area contributed by atoms with Gasteiger partial charge in [-0.2, -0.15) is 0 Å². The highest BCUT2D eigenvalue weighted by atomic mass is 16.5. The molecular weight excluding hydrogens is 410 g/mol.